The van der Waals surface area contributed by atoms with Crippen LogP contribution in [-0.2, 0) is 14.3 Å². The zero-order chi connectivity index (χ0) is 19.5. The van der Waals surface area contributed by atoms with E-state index in [2.05, 4.69) is 10.6 Å². The molecule has 0 heterocycles. The van der Waals surface area contributed by atoms with Crippen molar-refractivity contribution in [1.29, 1.82) is 0 Å². The summed E-state index contributed by atoms with van der Waals surface area (Å²) < 4.78 is 4.77. The largest absolute Gasteiger partial charge is 0.456 e. The van der Waals surface area contributed by atoms with Crippen LogP contribution in [0.2, 0.25) is 0 Å². The molecule has 1 aromatic rings. The molecule has 2 N–H and O–H groups in total. The lowest BCUT2D eigenvalue weighted by atomic mass is 10.1. The van der Waals surface area contributed by atoms with Crippen LogP contribution in [0.4, 0.5) is 4.79 Å². The number of esters is 1. The predicted octanol–water partition coefficient (Wildman–Crippen LogP) is 2.54. The average Bonchev–Trinajstić information content (AvgIpc) is 2.64. The Kier molecular flexibility index (Phi) is 9.43. The molecule has 0 bridgehead atoms. The number of Topliss-reactive ketones (excluding diaryl/α,β-unsaturated/α-hetero) is 1. The molecule has 0 spiro atoms. The third kappa shape index (κ3) is 8.15. The number of thioether (sulfide) groups is 1. The van der Waals surface area contributed by atoms with Gasteiger partial charge in [0.25, 0.3) is 5.91 Å². The molecule has 0 unspecified atom stereocenters. The molecule has 0 aliphatic carbocycles. The first kappa shape index (κ1) is 21.7. The van der Waals surface area contributed by atoms with Crippen LogP contribution in [-0.4, -0.2) is 42.6 Å². The van der Waals surface area contributed by atoms with Gasteiger partial charge in [-0.1, -0.05) is 19.1 Å². The molecule has 142 valence electrons. The molecule has 0 radical (unpaired) electrons. The van der Waals surface area contributed by atoms with Gasteiger partial charge < -0.3 is 10.1 Å². The zero-order valence-electron chi connectivity index (χ0n) is 15.2. The fraction of sp³-hybridized carbons (Fsp3) is 0.444. The lowest BCUT2D eigenvalue weighted by Gasteiger charge is -2.11. The minimum atomic E-state index is -0.724. The van der Waals surface area contributed by atoms with Crippen molar-refractivity contribution in [2.75, 3.05) is 12.9 Å². The molecule has 0 saturated carbocycles. The molecule has 7 nitrogen and oxygen atoms in total. The second-order valence-corrected chi connectivity index (χ2v) is 6.52. The Bertz CT molecular complexity index is 645. The third-order valence-corrected chi connectivity index (χ3v) is 4.32. The minimum Gasteiger partial charge on any atom is -0.456 e. The van der Waals surface area contributed by atoms with E-state index < -0.39 is 24.5 Å². The highest BCUT2D eigenvalue weighted by Crippen LogP contribution is 2.16. The van der Waals surface area contributed by atoms with Crippen molar-refractivity contribution >= 4 is 35.5 Å². The second kappa shape index (κ2) is 11.3. The van der Waals surface area contributed by atoms with Crippen LogP contribution < -0.4 is 10.6 Å². The fourth-order valence-electron chi connectivity index (χ4n) is 1.88. The highest BCUT2D eigenvalue weighted by Gasteiger charge is 2.14. The van der Waals surface area contributed by atoms with Crippen molar-refractivity contribution in [2.45, 2.75) is 44.0 Å². The Morgan fingerprint density at radius 1 is 1.12 bits per heavy atom. The summed E-state index contributed by atoms with van der Waals surface area (Å²) in [4.78, 5) is 47.7. The number of nitrogens with one attached hydrogen (secondary N) is 2. The Hall–Kier alpha value is -2.35. The van der Waals surface area contributed by atoms with Gasteiger partial charge in [0.05, 0.1) is 6.42 Å². The maximum absolute atomic E-state index is 12.0. The van der Waals surface area contributed by atoms with Crippen molar-refractivity contribution in [3.8, 4) is 0 Å². The molecule has 1 aromatic carbocycles. The maximum atomic E-state index is 12.0. The molecule has 26 heavy (non-hydrogen) atoms. The van der Waals surface area contributed by atoms with E-state index in [-0.39, 0.29) is 24.7 Å². The number of ether oxygens (including phenoxy) is 1. The number of imide groups is 1. The summed E-state index contributed by atoms with van der Waals surface area (Å²) in [7, 11) is 0. The normalized spacial score (nSPS) is 11.3. The van der Waals surface area contributed by atoms with Gasteiger partial charge in [0.15, 0.2) is 12.4 Å². The molecule has 0 aliphatic heterocycles. The van der Waals surface area contributed by atoms with Crippen LogP contribution >= 0.6 is 11.8 Å². The summed E-state index contributed by atoms with van der Waals surface area (Å²) in [6, 6.07) is 6.40. The van der Waals surface area contributed by atoms with Gasteiger partial charge in [-0.3, -0.25) is 19.7 Å². The summed E-state index contributed by atoms with van der Waals surface area (Å²) in [5.41, 5.74) is 0.523. The molecular formula is C18H24N2O5S. The summed E-state index contributed by atoms with van der Waals surface area (Å²) in [6.45, 7) is 3.13. The second-order valence-electron chi connectivity index (χ2n) is 5.64. The highest BCUT2D eigenvalue weighted by atomic mass is 32.2. The van der Waals surface area contributed by atoms with Gasteiger partial charge in [-0.05, 0) is 31.7 Å². The predicted molar refractivity (Wildman–Crippen MR) is 99.2 cm³/mol. The molecule has 0 aromatic heterocycles. The smallest absolute Gasteiger partial charge is 0.321 e. The molecule has 1 rings (SSSR count). The standard InChI is InChI=1S/C18H24N2O5S/c1-4-12(2)19-18(24)20-16(22)11-25-17(23)10-9-15(21)13-5-7-14(26-3)8-6-13/h5-8,12H,4,9-11H2,1-3H3,(H2,19,20,22,24)/t12-/m0/s1. The van der Waals surface area contributed by atoms with E-state index >= 15 is 0 Å². The molecule has 0 aliphatic rings. The van der Waals surface area contributed by atoms with Crippen LogP contribution in [0.1, 0.15) is 43.5 Å². The van der Waals surface area contributed by atoms with E-state index in [0.29, 0.717) is 5.56 Å². The Balaban J connectivity index is 2.30. The highest BCUT2D eigenvalue weighted by molar-refractivity contribution is 7.98. The van der Waals surface area contributed by atoms with E-state index in [1.165, 1.54) is 0 Å². The van der Waals surface area contributed by atoms with Gasteiger partial charge in [0.1, 0.15) is 0 Å². The fourth-order valence-corrected chi connectivity index (χ4v) is 2.29. The Labute approximate surface area is 157 Å². The lowest BCUT2D eigenvalue weighted by Crippen LogP contribution is -2.44. The van der Waals surface area contributed by atoms with E-state index in [9.17, 15) is 19.2 Å². The topological polar surface area (TPSA) is 102 Å². The van der Waals surface area contributed by atoms with Gasteiger partial charge in [0.2, 0.25) is 0 Å². The van der Waals surface area contributed by atoms with Gasteiger partial charge in [-0.15, -0.1) is 11.8 Å². The summed E-state index contributed by atoms with van der Waals surface area (Å²) in [5, 5.41) is 4.62. The van der Waals surface area contributed by atoms with Crippen molar-refractivity contribution in [1.82, 2.24) is 10.6 Å². The van der Waals surface area contributed by atoms with Crippen LogP contribution in [0.5, 0.6) is 0 Å². The van der Waals surface area contributed by atoms with Crippen LogP contribution in [0.25, 0.3) is 0 Å². The number of hydrogen-bond acceptors (Lipinski definition) is 6. The van der Waals surface area contributed by atoms with Gasteiger partial charge >= 0.3 is 12.0 Å². The van der Waals surface area contributed by atoms with Crippen molar-refractivity contribution in [3.05, 3.63) is 29.8 Å². The maximum Gasteiger partial charge on any atom is 0.321 e. The van der Waals surface area contributed by atoms with E-state index in [4.69, 9.17) is 4.74 Å². The first-order chi connectivity index (χ1) is 12.3. The van der Waals surface area contributed by atoms with Crippen molar-refractivity contribution < 1.29 is 23.9 Å². The van der Waals surface area contributed by atoms with E-state index in [1.807, 2.05) is 25.3 Å². The number of benzene rings is 1. The zero-order valence-corrected chi connectivity index (χ0v) is 16.0. The molecule has 0 saturated heterocycles. The molecule has 3 amide bonds. The number of rotatable bonds is 9. The quantitative estimate of drug-likeness (QED) is 0.388. The first-order valence-corrected chi connectivity index (χ1v) is 9.51. The average molecular weight is 380 g/mol. The lowest BCUT2D eigenvalue weighted by molar-refractivity contribution is -0.148. The first-order valence-electron chi connectivity index (χ1n) is 8.29. The minimum absolute atomic E-state index is 0.00638. The van der Waals surface area contributed by atoms with Crippen LogP contribution in [0.15, 0.2) is 29.2 Å². The summed E-state index contributed by atoms with van der Waals surface area (Å²) in [6.07, 6.45) is 2.53. The summed E-state index contributed by atoms with van der Waals surface area (Å²) >= 11 is 1.57. The van der Waals surface area contributed by atoms with Crippen LogP contribution in [0, 0.1) is 0 Å². The number of urea groups is 1. The molecular weight excluding hydrogens is 356 g/mol. The monoisotopic (exact) mass is 380 g/mol. The van der Waals surface area contributed by atoms with E-state index in [0.717, 1.165) is 11.3 Å². The Morgan fingerprint density at radius 2 is 1.77 bits per heavy atom. The summed E-state index contributed by atoms with van der Waals surface area (Å²) in [5.74, 6) is -1.57. The van der Waals surface area contributed by atoms with Gasteiger partial charge in [-0.2, -0.15) is 0 Å². The molecule has 1 atom stereocenters. The number of hydrogen-bond donors (Lipinski definition) is 2. The van der Waals surface area contributed by atoms with Crippen LogP contribution in [0.3, 0.4) is 0 Å². The SMILES string of the molecule is CC[C@H](C)NC(=O)NC(=O)COC(=O)CCC(=O)c1ccc(SC)cc1. The number of ketones is 1. The third-order valence-electron chi connectivity index (χ3n) is 3.58. The number of amides is 3. The molecule has 0 fully saturated rings. The number of carbonyl (C=O) groups is 4. The number of carbonyl (C=O) groups excluding carboxylic acids is 4. The van der Waals surface area contributed by atoms with Gasteiger partial charge in [-0.25, -0.2) is 4.79 Å². The molecule has 8 heteroatoms. The van der Waals surface area contributed by atoms with E-state index in [1.54, 1.807) is 30.8 Å². The Morgan fingerprint density at radius 3 is 2.35 bits per heavy atom. The van der Waals surface area contributed by atoms with Crippen molar-refractivity contribution in [2.24, 2.45) is 0 Å². The van der Waals surface area contributed by atoms with Crippen molar-refractivity contribution in [3.63, 3.8) is 0 Å². The van der Waals surface area contributed by atoms with Gasteiger partial charge in [0, 0.05) is 22.9 Å².